The smallest absolute Gasteiger partial charge is 0.264 e. The highest BCUT2D eigenvalue weighted by Gasteiger charge is 2.24. The minimum Gasteiger partial charge on any atom is -0.471 e. The van der Waals surface area contributed by atoms with Crippen LogP contribution in [0.5, 0.6) is 5.88 Å². The summed E-state index contributed by atoms with van der Waals surface area (Å²) in [4.78, 5) is 23.0. The van der Waals surface area contributed by atoms with Gasteiger partial charge in [-0.2, -0.15) is 4.98 Å². The van der Waals surface area contributed by atoms with E-state index in [4.69, 9.17) is 10.5 Å². The Morgan fingerprint density at radius 3 is 2.52 bits per heavy atom. The molecule has 1 unspecified atom stereocenters. The number of hydrogen-bond donors (Lipinski definition) is 2. The number of hydrogen-bond acceptors (Lipinski definition) is 7. The molecule has 2 aromatic carbocycles. The molecule has 1 atom stereocenters. The van der Waals surface area contributed by atoms with E-state index >= 15 is 0 Å². The Balaban J connectivity index is 1.90. The zero-order valence-electron chi connectivity index (χ0n) is 18.6. The lowest BCUT2D eigenvalue weighted by Crippen LogP contribution is -2.41. The van der Waals surface area contributed by atoms with Crippen molar-refractivity contribution in [2.24, 2.45) is 5.73 Å². The van der Waals surface area contributed by atoms with Crippen molar-refractivity contribution in [1.29, 1.82) is 0 Å². The van der Waals surface area contributed by atoms with E-state index in [-0.39, 0.29) is 41.3 Å². The van der Waals surface area contributed by atoms with Gasteiger partial charge in [0.25, 0.3) is 15.9 Å². The molecule has 3 aromatic rings. The van der Waals surface area contributed by atoms with Crippen LogP contribution in [-0.2, 0) is 10.0 Å². The van der Waals surface area contributed by atoms with Crippen LogP contribution in [0.3, 0.4) is 0 Å². The number of carbonyl (C=O) groups is 1. The van der Waals surface area contributed by atoms with E-state index in [9.17, 15) is 13.2 Å². The summed E-state index contributed by atoms with van der Waals surface area (Å²) in [6, 6.07) is 13.3. The molecule has 0 fully saturated rings. The molecular weight excluding hydrogens is 442 g/mol. The third kappa shape index (κ3) is 4.67. The van der Waals surface area contributed by atoms with Crippen molar-refractivity contribution >= 4 is 21.9 Å². The van der Waals surface area contributed by atoms with Crippen molar-refractivity contribution in [3.8, 4) is 17.1 Å². The van der Waals surface area contributed by atoms with Crippen LogP contribution in [0.25, 0.3) is 11.3 Å². The Bertz CT molecular complexity index is 1310. The second kappa shape index (κ2) is 8.80. The molecule has 4 bridgehead atoms. The first-order valence-electron chi connectivity index (χ1n) is 10.4. The zero-order chi connectivity index (χ0) is 23.8. The first-order chi connectivity index (χ1) is 15.7. The quantitative estimate of drug-likeness (QED) is 0.592. The summed E-state index contributed by atoms with van der Waals surface area (Å²) in [5, 5.41) is 0. The fourth-order valence-electron chi connectivity index (χ4n) is 3.79. The first kappa shape index (κ1) is 22.7. The SMILES string of the molecule is Cc1cccc(C)c1-c1cc2nc(n1)NS(=O)(=O)c1cccc(c1)C(=O)N(C)CC(CN)O2. The van der Waals surface area contributed by atoms with Crippen LogP contribution < -0.4 is 15.2 Å². The van der Waals surface area contributed by atoms with Crippen molar-refractivity contribution < 1.29 is 17.9 Å². The van der Waals surface area contributed by atoms with Crippen LogP contribution in [0, 0.1) is 13.8 Å². The second-order valence-electron chi connectivity index (χ2n) is 7.98. The molecule has 1 aliphatic rings. The number of amides is 1. The molecule has 10 heteroatoms. The molecular formula is C23H25N5O4S. The van der Waals surface area contributed by atoms with E-state index in [0.717, 1.165) is 16.7 Å². The number of carbonyl (C=O) groups excluding carboxylic acids is 1. The van der Waals surface area contributed by atoms with Crippen molar-refractivity contribution in [1.82, 2.24) is 14.9 Å². The average molecular weight is 468 g/mol. The van der Waals surface area contributed by atoms with E-state index < -0.39 is 16.1 Å². The lowest BCUT2D eigenvalue weighted by molar-refractivity contribution is 0.0715. The molecule has 9 nitrogen and oxygen atoms in total. The summed E-state index contributed by atoms with van der Waals surface area (Å²) >= 11 is 0. The predicted octanol–water partition coefficient (Wildman–Crippen LogP) is 2.35. The molecule has 1 amide bonds. The maximum Gasteiger partial charge on any atom is 0.264 e. The summed E-state index contributed by atoms with van der Waals surface area (Å²) < 4.78 is 34.6. The summed E-state index contributed by atoms with van der Waals surface area (Å²) in [6.45, 7) is 4.22. The van der Waals surface area contributed by atoms with Gasteiger partial charge in [-0.25, -0.2) is 18.1 Å². The van der Waals surface area contributed by atoms with Gasteiger partial charge in [0.1, 0.15) is 6.10 Å². The molecule has 1 aromatic heterocycles. The van der Waals surface area contributed by atoms with Gasteiger partial charge in [0.05, 0.1) is 17.1 Å². The van der Waals surface area contributed by atoms with E-state index in [1.54, 1.807) is 19.2 Å². The standard InChI is InChI=1S/C23H25N5O4S/c1-14-6-4-7-15(2)21(14)19-11-20-26-23(25-19)27-33(30,31)18-9-5-8-16(10-18)22(29)28(3)13-17(12-24)32-20/h4-11,17H,12-13,24H2,1-3H3,(H,25,26,27). The third-order valence-corrected chi connectivity index (χ3v) is 6.76. The van der Waals surface area contributed by atoms with Crippen LogP contribution >= 0.6 is 0 Å². The number of aryl methyl sites for hydroxylation is 2. The summed E-state index contributed by atoms with van der Waals surface area (Å²) in [5.74, 6) is -0.324. The third-order valence-electron chi connectivity index (χ3n) is 5.43. The molecule has 4 rings (SSSR count). The summed E-state index contributed by atoms with van der Waals surface area (Å²) in [5.41, 5.74) is 9.46. The Kier molecular flexibility index (Phi) is 6.05. The van der Waals surface area contributed by atoms with Crippen LogP contribution in [0.4, 0.5) is 5.95 Å². The van der Waals surface area contributed by atoms with Gasteiger partial charge in [0.2, 0.25) is 11.8 Å². The summed E-state index contributed by atoms with van der Waals surface area (Å²) in [7, 11) is -2.45. The highest BCUT2D eigenvalue weighted by atomic mass is 32.2. The highest BCUT2D eigenvalue weighted by molar-refractivity contribution is 7.92. The monoisotopic (exact) mass is 467 g/mol. The number of benzene rings is 2. The van der Waals surface area contributed by atoms with Crippen LogP contribution in [0.1, 0.15) is 21.5 Å². The molecule has 0 radical (unpaired) electrons. The van der Waals surface area contributed by atoms with Gasteiger partial charge in [-0.1, -0.05) is 24.3 Å². The van der Waals surface area contributed by atoms with Crippen molar-refractivity contribution in [3.05, 3.63) is 65.2 Å². The fraction of sp³-hybridized carbons (Fsp3) is 0.261. The van der Waals surface area contributed by atoms with Gasteiger partial charge in [-0.3, -0.25) is 4.79 Å². The van der Waals surface area contributed by atoms with Crippen LogP contribution in [-0.4, -0.2) is 55.4 Å². The predicted molar refractivity (Wildman–Crippen MR) is 125 cm³/mol. The number of anilines is 1. The topological polar surface area (TPSA) is 128 Å². The van der Waals surface area contributed by atoms with Crippen LogP contribution in [0.2, 0.25) is 0 Å². The maximum absolute atomic E-state index is 13.1. The number of sulfonamides is 1. The highest BCUT2D eigenvalue weighted by Crippen LogP contribution is 2.30. The van der Waals surface area contributed by atoms with E-state index in [2.05, 4.69) is 14.7 Å². The van der Waals surface area contributed by atoms with Gasteiger partial charge in [-0.05, 0) is 43.2 Å². The Hall–Kier alpha value is -3.50. The van der Waals surface area contributed by atoms with E-state index in [0.29, 0.717) is 5.69 Å². The van der Waals surface area contributed by atoms with Crippen molar-refractivity contribution in [2.75, 3.05) is 24.9 Å². The summed E-state index contributed by atoms with van der Waals surface area (Å²) in [6.07, 6.45) is -0.562. The zero-order valence-corrected chi connectivity index (χ0v) is 19.4. The number of aromatic nitrogens is 2. The number of rotatable bonds is 2. The number of nitrogens with zero attached hydrogens (tertiary/aromatic N) is 3. The minimum atomic E-state index is -4.06. The average Bonchev–Trinajstić information content (AvgIpc) is 2.77. The van der Waals surface area contributed by atoms with Crippen LogP contribution in [0.15, 0.2) is 53.4 Å². The molecule has 1 aliphatic heterocycles. The number of ether oxygens (including phenoxy) is 1. The normalized spacial score (nSPS) is 17.8. The number of nitrogens with two attached hydrogens (primary N) is 1. The lowest BCUT2D eigenvalue weighted by Gasteiger charge is -2.24. The van der Waals surface area contributed by atoms with Gasteiger partial charge in [-0.15, -0.1) is 0 Å². The molecule has 2 heterocycles. The molecule has 172 valence electrons. The Labute approximate surface area is 192 Å². The largest absolute Gasteiger partial charge is 0.471 e. The molecule has 0 saturated carbocycles. The molecule has 0 spiro atoms. The molecule has 0 aliphatic carbocycles. The minimum absolute atomic E-state index is 0.0695. The van der Waals surface area contributed by atoms with E-state index in [1.165, 1.54) is 23.1 Å². The fourth-order valence-corrected chi connectivity index (χ4v) is 4.78. The number of likely N-dealkylation sites (N-methyl/N-ethyl adjacent to an activating group) is 1. The first-order valence-corrected chi connectivity index (χ1v) is 11.9. The van der Waals surface area contributed by atoms with Crippen molar-refractivity contribution in [2.45, 2.75) is 24.8 Å². The van der Waals surface area contributed by atoms with Gasteiger partial charge in [0.15, 0.2) is 0 Å². The molecule has 33 heavy (non-hydrogen) atoms. The van der Waals surface area contributed by atoms with Gasteiger partial charge >= 0.3 is 0 Å². The van der Waals surface area contributed by atoms with Gasteiger partial charge in [0, 0.05) is 30.8 Å². The Morgan fingerprint density at radius 2 is 1.82 bits per heavy atom. The number of nitrogens with one attached hydrogen (secondary N) is 1. The number of fused-ring (bicyclic) bond motifs is 4. The lowest BCUT2D eigenvalue weighted by atomic mass is 10.00. The Morgan fingerprint density at radius 1 is 1.12 bits per heavy atom. The van der Waals surface area contributed by atoms with Crippen molar-refractivity contribution in [3.63, 3.8) is 0 Å². The maximum atomic E-state index is 13.1. The molecule has 3 N–H and O–H groups in total. The molecule has 0 saturated heterocycles. The second-order valence-corrected chi connectivity index (χ2v) is 9.66. The van der Waals surface area contributed by atoms with E-state index in [1.807, 2.05) is 32.0 Å². The van der Waals surface area contributed by atoms with Gasteiger partial charge < -0.3 is 15.4 Å².